The van der Waals surface area contributed by atoms with Crippen LogP contribution in [0.15, 0.2) is 49.0 Å². The number of carboxylic acids is 2. The minimum absolute atomic E-state index is 0.101. The topological polar surface area (TPSA) is 83.8 Å². The van der Waals surface area contributed by atoms with Crippen LogP contribution in [0, 0.1) is 17.8 Å². The van der Waals surface area contributed by atoms with E-state index in [1.54, 1.807) is 0 Å². The second-order valence-electron chi connectivity index (χ2n) is 11.0. The normalized spacial score (nSPS) is 26.5. The van der Waals surface area contributed by atoms with E-state index in [2.05, 4.69) is 18.7 Å². The Kier molecular flexibility index (Phi) is 6.43. The van der Waals surface area contributed by atoms with E-state index < -0.39 is 11.9 Å². The molecule has 0 saturated heterocycles. The van der Waals surface area contributed by atoms with Crippen LogP contribution in [-0.2, 0) is 15.0 Å². The van der Waals surface area contributed by atoms with E-state index in [1.807, 2.05) is 30.3 Å². The highest BCUT2D eigenvalue weighted by Crippen LogP contribution is 2.62. The average Bonchev–Trinajstić information content (AvgIpc) is 2.82. The predicted molar refractivity (Wildman–Crippen MR) is 135 cm³/mol. The minimum Gasteiger partial charge on any atom is -0.494 e. The van der Waals surface area contributed by atoms with Crippen LogP contribution >= 0.6 is 0 Å². The monoisotopic (exact) mass is 474 g/mol. The molecule has 0 aliphatic heterocycles. The van der Waals surface area contributed by atoms with E-state index >= 15 is 0 Å². The SMILES string of the molecule is C=C(C(=O)O)c1ccc(-c2ccc(OCCCCC(=O)O)cc2C23CC4CC(CC(C4)C2)C3)cc1. The summed E-state index contributed by atoms with van der Waals surface area (Å²) in [6.07, 6.45) is 9.34. The Morgan fingerprint density at radius 1 is 0.914 bits per heavy atom. The molecule has 2 aromatic rings. The van der Waals surface area contributed by atoms with Gasteiger partial charge in [-0.2, -0.15) is 0 Å². The van der Waals surface area contributed by atoms with Crippen LogP contribution in [0.1, 0.15) is 68.9 Å². The molecule has 0 aromatic heterocycles. The van der Waals surface area contributed by atoms with Crippen molar-refractivity contribution in [2.24, 2.45) is 17.8 Å². The molecule has 4 fully saturated rings. The molecule has 0 heterocycles. The van der Waals surface area contributed by atoms with Crippen molar-refractivity contribution in [1.82, 2.24) is 0 Å². The van der Waals surface area contributed by atoms with Gasteiger partial charge in [-0.05, 0) is 109 Å². The number of carboxylic acid groups (broad SMARTS) is 2. The minimum atomic E-state index is -1.00. The van der Waals surface area contributed by atoms with Gasteiger partial charge in [0.15, 0.2) is 0 Å². The lowest BCUT2D eigenvalue weighted by Gasteiger charge is -2.57. The smallest absolute Gasteiger partial charge is 0.335 e. The average molecular weight is 475 g/mol. The van der Waals surface area contributed by atoms with Crippen molar-refractivity contribution in [3.8, 4) is 16.9 Å². The molecule has 5 nitrogen and oxygen atoms in total. The maximum absolute atomic E-state index is 11.3. The van der Waals surface area contributed by atoms with E-state index in [0.717, 1.165) is 35.5 Å². The first-order valence-electron chi connectivity index (χ1n) is 12.8. The number of rotatable bonds is 10. The molecule has 2 aromatic carbocycles. The number of unbranched alkanes of at least 4 members (excludes halogenated alkanes) is 1. The molecular formula is C30H34O5. The van der Waals surface area contributed by atoms with E-state index in [1.165, 1.54) is 49.7 Å². The largest absolute Gasteiger partial charge is 0.494 e. The van der Waals surface area contributed by atoms with Gasteiger partial charge < -0.3 is 14.9 Å². The van der Waals surface area contributed by atoms with Crippen LogP contribution in [0.4, 0.5) is 0 Å². The van der Waals surface area contributed by atoms with Crippen molar-refractivity contribution in [3.05, 3.63) is 60.2 Å². The molecule has 2 N–H and O–H groups in total. The van der Waals surface area contributed by atoms with Crippen molar-refractivity contribution >= 4 is 17.5 Å². The fourth-order valence-corrected chi connectivity index (χ4v) is 7.29. The van der Waals surface area contributed by atoms with Gasteiger partial charge in [0.1, 0.15) is 5.75 Å². The summed E-state index contributed by atoms with van der Waals surface area (Å²) in [4.78, 5) is 22.1. The van der Waals surface area contributed by atoms with Gasteiger partial charge in [0.05, 0.1) is 12.2 Å². The van der Waals surface area contributed by atoms with Crippen molar-refractivity contribution in [3.63, 3.8) is 0 Å². The van der Waals surface area contributed by atoms with Gasteiger partial charge in [-0.3, -0.25) is 4.79 Å². The Morgan fingerprint density at radius 3 is 2.11 bits per heavy atom. The number of aliphatic carboxylic acids is 2. The molecule has 0 unspecified atom stereocenters. The van der Waals surface area contributed by atoms with E-state index in [0.29, 0.717) is 18.6 Å². The number of hydrogen-bond acceptors (Lipinski definition) is 3. The number of carbonyl (C=O) groups is 2. The fourth-order valence-electron chi connectivity index (χ4n) is 7.29. The lowest BCUT2D eigenvalue weighted by atomic mass is 9.47. The lowest BCUT2D eigenvalue weighted by molar-refractivity contribution is -0.137. The summed E-state index contributed by atoms with van der Waals surface area (Å²) >= 11 is 0. The number of ether oxygens (including phenoxy) is 1. The van der Waals surface area contributed by atoms with Gasteiger partial charge in [-0.25, -0.2) is 4.79 Å². The van der Waals surface area contributed by atoms with Crippen molar-refractivity contribution < 1.29 is 24.5 Å². The summed E-state index contributed by atoms with van der Waals surface area (Å²) in [5, 5.41) is 18.1. The summed E-state index contributed by atoms with van der Waals surface area (Å²) in [6.45, 7) is 4.20. The zero-order valence-corrected chi connectivity index (χ0v) is 20.2. The maximum atomic E-state index is 11.3. The summed E-state index contributed by atoms with van der Waals surface area (Å²) in [5.41, 5.74) is 4.56. The number of hydrogen-bond donors (Lipinski definition) is 2. The van der Waals surface area contributed by atoms with Crippen LogP contribution in [0.2, 0.25) is 0 Å². The number of benzene rings is 2. The first-order valence-corrected chi connectivity index (χ1v) is 12.8. The lowest BCUT2D eigenvalue weighted by Crippen LogP contribution is -2.48. The molecule has 0 atom stereocenters. The summed E-state index contributed by atoms with van der Waals surface area (Å²) in [6, 6.07) is 14.1. The van der Waals surface area contributed by atoms with Crippen molar-refractivity contribution in [2.45, 2.75) is 63.2 Å². The third-order valence-electron chi connectivity index (χ3n) is 8.46. The van der Waals surface area contributed by atoms with Gasteiger partial charge in [0, 0.05) is 6.42 Å². The highest BCUT2D eigenvalue weighted by atomic mass is 16.5. The molecule has 4 aliphatic carbocycles. The summed E-state index contributed by atoms with van der Waals surface area (Å²) < 4.78 is 6.09. The molecule has 184 valence electrons. The van der Waals surface area contributed by atoms with E-state index in [4.69, 9.17) is 9.84 Å². The third-order valence-corrected chi connectivity index (χ3v) is 8.46. The second-order valence-corrected chi connectivity index (χ2v) is 11.0. The van der Waals surface area contributed by atoms with Crippen molar-refractivity contribution in [1.29, 1.82) is 0 Å². The van der Waals surface area contributed by atoms with Crippen LogP contribution in [0.25, 0.3) is 16.7 Å². The van der Waals surface area contributed by atoms with Crippen LogP contribution < -0.4 is 4.74 Å². The first-order chi connectivity index (χ1) is 16.8. The maximum Gasteiger partial charge on any atom is 0.335 e. The second kappa shape index (κ2) is 9.52. The fraction of sp³-hybridized carbons (Fsp3) is 0.467. The molecule has 0 spiro atoms. The Hall–Kier alpha value is -3.08. The predicted octanol–water partition coefficient (Wildman–Crippen LogP) is 6.55. The first kappa shape index (κ1) is 23.7. The van der Waals surface area contributed by atoms with E-state index in [-0.39, 0.29) is 17.4 Å². The Morgan fingerprint density at radius 2 is 1.54 bits per heavy atom. The molecule has 5 heteroatoms. The van der Waals surface area contributed by atoms with Crippen molar-refractivity contribution in [2.75, 3.05) is 6.61 Å². The summed E-state index contributed by atoms with van der Waals surface area (Å²) in [5.74, 6) is 1.53. The highest BCUT2D eigenvalue weighted by molar-refractivity contribution is 6.14. The standard InChI is InChI=1S/C30H34O5/c1-19(29(33)34)23-5-7-24(8-6-23)26-10-9-25(35-11-3-2-4-28(31)32)15-27(26)30-16-20-12-21(17-30)14-22(13-20)18-30/h5-10,15,20-22H,1-4,11-14,16-18H2,(H,31,32)(H,33,34). The van der Waals surface area contributed by atoms with Crippen LogP contribution in [0.5, 0.6) is 5.75 Å². The molecule has 35 heavy (non-hydrogen) atoms. The molecular weight excluding hydrogens is 440 g/mol. The molecule has 0 amide bonds. The molecule has 4 aliphatic rings. The van der Waals surface area contributed by atoms with Gasteiger partial charge in [0.2, 0.25) is 0 Å². The van der Waals surface area contributed by atoms with Crippen LogP contribution in [0.3, 0.4) is 0 Å². The Balaban J connectivity index is 1.45. The zero-order valence-electron chi connectivity index (χ0n) is 20.2. The van der Waals surface area contributed by atoms with Gasteiger partial charge in [0.25, 0.3) is 0 Å². The van der Waals surface area contributed by atoms with Gasteiger partial charge in [-0.15, -0.1) is 0 Å². The van der Waals surface area contributed by atoms with Gasteiger partial charge >= 0.3 is 11.9 Å². The molecule has 6 rings (SSSR count). The Labute approximate surface area is 206 Å². The summed E-state index contributed by atoms with van der Waals surface area (Å²) in [7, 11) is 0. The van der Waals surface area contributed by atoms with Crippen LogP contribution in [-0.4, -0.2) is 28.8 Å². The third kappa shape index (κ3) is 4.86. The van der Waals surface area contributed by atoms with Gasteiger partial charge in [-0.1, -0.05) is 36.9 Å². The quantitative estimate of drug-likeness (QED) is 0.301. The molecule has 0 radical (unpaired) electrons. The Bertz CT molecular complexity index is 1090. The highest BCUT2D eigenvalue weighted by Gasteiger charge is 2.52. The molecule has 4 bridgehead atoms. The molecule has 4 saturated carbocycles. The zero-order chi connectivity index (χ0) is 24.6. The van der Waals surface area contributed by atoms with E-state index in [9.17, 15) is 14.7 Å².